The lowest BCUT2D eigenvalue weighted by Crippen LogP contribution is -2.81. The number of carbonyl (C=O) groups is 1. The van der Waals surface area contributed by atoms with Crippen molar-refractivity contribution in [3.8, 4) is 0 Å². The second kappa shape index (κ2) is 10.0. The summed E-state index contributed by atoms with van der Waals surface area (Å²) in [6.45, 7) is 11.3. The number of rotatable bonds is 7. The predicted molar refractivity (Wildman–Crippen MR) is 146 cm³/mol. The second-order valence-corrected chi connectivity index (χ2v) is 12.9. The fraction of sp³-hybridized carbons (Fsp3) is 0.367. The summed E-state index contributed by atoms with van der Waals surface area (Å²) in [6, 6.07) is 24.8. The highest BCUT2D eigenvalue weighted by Crippen LogP contribution is 2.47. The van der Waals surface area contributed by atoms with Gasteiger partial charge in [-0.15, -0.1) is 0 Å². The zero-order chi connectivity index (χ0) is 27.0. The summed E-state index contributed by atoms with van der Waals surface area (Å²) >= 11 is 0. The van der Waals surface area contributed by atoms with Crippen LogP contribution in [-0.2, 0) is 19.6 Å². The van der Waals surface area contributed by atoms with Crippen molar-refractivity contribution in [3.05, 3.63) is 102 Å². The van der Waals surface area contributed by atoms with Crippen molar-refractivity contribution in [2.24, 2.45) is 0 Å². The number of likely N-dealkylation sites (tertiary alicyclic amines) is 1. The molecule has 6 nitrogen and oxygen atoms in total. The quantitative estimate of drug-likeness (QED) is 0.432. The zero-order valence-electron chi connectivity index (χ0n) is 22.3. The molecule has 0 saturated carbocycles. The van der Waals surface area contributed by atoms with Gasteiger partial charge in [-0.2, -0.15) is 0 Å². The van der Waals surface area contributed by atoms with E-state index in [2.05, 4.69) is 9.62 Å². The van der Waals surface area contributed by atoms with E-state index in [-0.39, 0.29) is 10.9 Å². The van der Waals surface area contributed by atoms with Crippen molar-refractivity contribution in [1.82, 2.24) is 9.62 Å². The predicted octanol–water partition coefficient (Wildman–Crippen LogP) is 5.24. The molecule has 7 heteroatoms. The molecule has 4 rings (SSSR count). The molecule has 1 N–H and O–H groups in total. The Balaban J connectivity index is 1.79. The Bertz CT molecular complexity index is 1290. The fourth-order valence-electron chi connectivity index (χ4n) is 5.03. The number of ether oxygens (including phenoxy) is 1. The molecule has 0 aromatic heterocycles. The van der Waals surface area contributed by atoms with Crippen LogP contribution in [0.25, 0.3) is 0 Å². The zero-order valence-corrected chi connectivity index (χ0v) is 23.1. The monoisotopic (exact) mass is 520 g/mol. The van der Waals surface area contributed by atoms with Crippen molar-refractivity contribution in [3.63, 3.8) is 0 Å². The van der Waals surface area contributed by atoms with Gasteiger partial charge < -0.3 is 4.74 Å². The third-order valence-corrected chi connectivity index (χ3v) is 8.27. The molecular weight excluding hydrogens is 484 g/mol. The van der Waals surface area contributed by atoms with Gasteiger partial charge in [-0.3, -0.25) is 9.69 Å². The third kappa shape index (κ3) is 5.64. The van der Waals surface area contributed by atoms with Crippen LogP contribution in [0.4, 0.5) is 0 Å². The van der Waals surface area contributed by atoms with Crippen LogP contribution in [-0.4, -0.2) is 42.5 Å². The molecule has 1 heterocycles. The number of carbonyl (C=O) groups excluding carboxylic acids is 1. The van der Waals surface area contributed by atoms with E-state index in [1.54, 1.807) is 24.3 Å². The molecule has 1 fully saturated rings. The molecule has 1 aliphatic rings. The first-order valence-electron chi connectivity index (χ1n) is 12.5. The molecule has 0 aliphatic carbocycles. The van der Waals surface area contributed by atoms with Gasteiger partial charge in [-0.1, -0.05) is 78.4 Å². The minimum atomic E-state index is -3.88. The number of benzene rings is 3. The van der Waals surface area contributed by atoms with Gasteiger partial charge in [0.2, 0.25) is 10.0 Å². The van der Waals surface area contributed by atoms with Crippen molar-refractivity contribution in [2.75, 3.05) is 0 Å². The molecule has 1 saturated heterocycles. The Kier molecular flexibility index (Phi) is 7.34. The number of sulfonamides is 1. The number of hydrogen-bond donors (Lipinski definition) is 1. The largest absolute Gasteiger partial charge is 0.459 e. The fourth-order valence-corrected chi connectivity index (χ4v) is 6.42. The summed E-state index contributed by atoms with van der Waals surface area (Å²) in [6.07, 6.45) is 0. The first-order chi connectivity index (χ1) is 17.3. The Labute approximate surface area is 220 Å². The first kappa shape index (κ1) is 27.0. The van der Waals surface area contributed by atoms with Gasteiger partial charge in [0.15, 0.2) is 0 Å². The van der Waals surface area contributed by atoms with Gasteiger partial charge >= 0.3 is 5.97 Å². The van der Waals surface area contributed by atoms with Crippen LogP contribution in [0.1, 0.15) is 57.4 Å². The average molecular weight is 521 g/mol. The summed E-state index contributed by atoms with van der Waals surface area (Å²) in [5, 5.41) is 0. The standard InChI is InChI=1S/C30H36N2O4S/c1-21-17-19-24(20-18-21)37(34,35)31-27-26(28(33)36-29(2,3)4)32(30(27,5)6)25(22-13-9-7-10-14-22)23-15-11-8-12-16-23/h7-20,25-27,31H,1-6H3/t26-,27+/m1/s1. The van der Waals surface area contributed by atoms with Gasteiger partial charge in [0.1, 0.15) is 11.6 Å². The van der Waals surface area contributed by atoms with E-state index in [1.807, 2.05) is 102 Å². The maximum Gasteiger partial charge on any atom is 0.325 e. The van der Waals surface area contributed by atoms with Crippen LogP contribution in [0.3, 0.4) is 0 Å². The van der Waals surface area contributed by atoms with E-state index in [0.29, 0.717) is 0 Å². The van der Waals surface area contributed by atoms with Gasteiger partial charge in [0.05, 0.1) is 17.0 Å². The molecule has 0 spiro atoms. The van der Waals surface area contributed by atoms with E-state index >= 15 is 0 Å². The Morgan fingerprint density at radius 1 is 0.892 bits per heavy atom. The maximum atomic E-state index is 13.7. The minimum absolute atomic E-state index is 0.165. The van der Waals surface area contributed by atoms with Gasteiger partial charge in [-0.25, -0.2) is 13.1 Å². The maximum absolute atomic E-state index is 13.7. The van der Waals surface area contributed by atoms with Crippen molar-refractivity contribution >= 4 is 16.0 Å². The Morgan fingerprint density at radius 3 is 1.84 bits per heavy atom. The molecule has 2 atom stereocenters. The van der Waals surface area contributed by atoms with E-state index in [0.717, 1.165) is 16.7 Å². The van der Waals surface area contributed by atoms with Crippen molar-refractivity contribution < 1.29 is 17.9 Å². The Morgan fingerprint density at radius 2 is 1.38 bits per heavy atom. The number of nitrogens with one attached hydrogen (secondary N) is 1. The van der Waals surface area contributed by atoms with Crippen molar-refractivity contribution in [2.45, 2.75) is 75.7 Å². The highest BCUT2D eigenvalue weighted by Gasteiger charge is 2.62. The first-order valence-corrected chi connectivity index (χ1v) is 14.0. The molecule has 0 radical (unpaired) electrons. The Hall–Kier alpha value is -3.00. The smallest absolute Gasteiger partial charge is 0.325 e. The molecule has 3 aromatic rings. The molecule has 3 aromatic carbocycles. The molecule has 0 bridgehead atoms. The van der Waals surface area contributed by atoms with Crippen LogP contribution in [0.5, 0.6) is 0 Å². The number of aryl methyl sites for hydroxylation is 1. The summed E-state index contributed by atoms with van der Waals surface area (Å²) in [5.74, 6) is -0.458. The lowest BCUT2D eigenvalue weighted by molar-refractivity contribution is -0.185. The van der Waals surface area contributed by atoms with Crippen LogP contribution in [0, 0.1) is 6.92 Å². The van der Waals surface area contributed by atoms with Crippen LogP contribution in [0.2, 0.25) is 0 Å². The molecule has 0 unspecified atom stereocenters. The molecular formula is C30H36N2O4S. The summed E-state index contributed by atoms with van der Waals surface area (Å²) in [5.41, 5.74) is 1.55. The van der Waals surface area contributed by atoms with Gasteiger partial charge in [-0.05, 0) is 64.8 Å². The topological polar surface area (TPSA) is 75.7 Å². The van der Waals surface area contributed by atoms with Crippen molar-refractivity contribution in [1.29, 1.82) is 0 Å². The third-order valence-electron chi connectivity index (χ3n) is 6.81. The molecule has 0 amide bonds. The number of esters is 1. The lowest BCUT2D eigenvalue weighted by Gasteiger charge is -2.62. The van der Waals surface area contributed by atoms with Crippen LogP contribution in [0.15, 0.2) is 89.8 Å². The van der Waals surface area contributed by atoms with Crippen LogP contribution >= 0.6 is 0 Å². The van der Waals surface area contributed by atoms with E-state index in [4.69, 9.17) is 4.74 Å². The summed E-state index contributed by atoms with van der Waals surface area (Å²) in [4.78, 5) is 15.9. The highest BCUT2D eigenvalue weighted by atomic mass is 32.2. The lowest BCUT2D eigenvalue weighted by atomic mass is 9.73. The number of hydrogen-bond acceptors (Lipinski definition) is 5. The van der Waals surface area contributed by atoms with Gasteiger partial charge in [0.25, 0.3) is 0 Å². The van der Waals surface area contributed by atoms with Gasteiger partial charge in [0, 0.05) is 5.54 Å². The SMILES string of the molecule is Cc1ccc(S(=O)(=O)N[C@H]2[C@H](C(=O)OC(C)(C)C)N(C(c3ccccc3)c3ccccc3)C2(C)C)cc1. The van der Waals surface area contributed by atoms with E-state index in [1.165, 1.54) is 0 Å². The number of nitrogens with zero attached hydrogens (tertiary/aromatic N) is 1. The molecule has 1 aliphatic heterocycles. The molecule has 196 valence electrons. The second-order valence-electron chi connectivity index (χ2n) is 11.2. The highest BCUT2D eigenvalue weighted by molar-refractivity contribution is 7.89. The van der Waals surface area contributed by atoms with E-state index in [9.17, 15) is 13.2 Å². The molecule has 37 heavy (non-hydrogen) atoms. The minimum Gasteiger partial charge on any atom is -0.459 e. The normalized spacial score (nSPS) is 19.9. The summed E-state index contributed by atoms with van der Waals surface area (Å²) < 4.78 is 35.5. The van der Waals surface area contributed by atoms with Crippen LogP contribution < -0.4 is 4.72 Å². The average Bonchev–Trinajstić information content (AvgIpc) is 2.83. The summed E-state index contributed by atoms with van der Waals surface area (Å²) in [7, 11) is -3.88. The van der Waals surface area contributed by atoms with E-state index < -0.39 is 39.2 Å².